The summed E-state index contributed by atoms with van der Waals surface area (Å²) >= 11 is 0. The van der Waals surface area contributed by atoms with Gasteiger partial charge in [-0.25, -0.2) is 9.97 Å². The first kappa shape index (κ1) is 24.4. The van der Waals surface area contributed by atoms with Crippen LogP contribution in [0.15, 0.2) is 54.7 Å². The molecule has 36 heavy (non-hydrogen) atoms. The van der Waals surface area contributed by atoms with E-state index < -0.39 is 0 Å². The van der Waals surface area contributed by atoms with E-state index in [2.05, 4.69) is 10.3 Å². The third-order valence-corrected chi connectivity index (χ3v) is 6.88. The van der Waals surface area contributed by atoms with Crippen LogP contribution in [-0.2, 0) is 22.4 Å². The maximum atomic E-state index is 12.9. The van der Waals surface area contributed by atoms with E-state index >= 15 is 0 Å². The highest BCUT2D eigenvalue weighted by atomic mass is 16.6. The molecule has 0 radical (unpaired) electrons. The van der Waals surface area contributed by atoms with Crippen molar-refractivity contribution in [2.24, 2.45) is 5.92 Å². The largest absolute Gasteiger partial charge is 0.491 e. The number of epoxide rings is 1. The molecule has 0 bridgehead atoms. The van der Waals surface area contributed by atoms with Crippen LogP contribution in [0.25, 0.3) is 11.3 Å². The Bertz CT molecular complexity index is 1170. The molecule has 1 atom stereocenters. The fourth-order valence-corrected chi connectivity index (χ4v) is 4.91. The molecule has 1 unspecified atom stereocenters. The molecule has 6 nitrogen and oxygen atoms in total. The summed E-state index contributed by atoms with van der Waals surface area (Å²) in [6.45, 7) is 4.82. The van der Waals surface area contributed by atoms with E-state index in [1.807, 2.05) is 62.4 Å². The SMILES string of the molecule is CC(C)Oc1ccc(-c2cnc(NC(=O)Cc3ccc(C4CO4)cc3)c(CC3CCCCC3)n2)cc1. The van der Waals surface area contributed by atoms with Crippen molar-refractivity contribution in [3.05, 3.63) is 71.5 Å². The van der Waals surface area contributed by atoms with Gasteiger partial charge in [0, 0.05) is 5.56 Å². The van der Waals surface area contributed by atoms with Crippen molar-refractivity contribution in [3.63, 3.8) is 0 Å². The third kappa shape index (κ3) is 6.49. The maximum Gasteiger partial charge on any atom is 0.229 e. The highest BCUT2D eigenvalue weighted by molar-refractivity contribution is 5.92. The number of ether oxygens (including phenoxy) is 2. The Morgan fingerprint density at radius 2 is 1.78 bits per heavy atom. The lowest BCUT2D eigenvalue weighted by molar-refractivity contribution is -0.115. The Balaban J connectivity index is 1.32. The van der Waals surface area contributed by atoms with Gasteiger partial charge in [0.05, 0.1) is 36.7 Å². The number of hydrogen-bond donors (Lipinski definition) is 1. The second-order valence-electron chi connectivity index (χ2n) is 10.2. The molecule has 2 heterocycles. The average Bonchev–Trinajstić information content (AvgIpc) is 3.72. The van der Waals surface area contributed by atoms with Crippen molar-refractivity contribution in [1.29, 1.82) is 0 Å². The fourth-order valence-electron chi connectivity index (χ4n) is 4.91. The van der Waals surface area contributed by atoms with E-state index in [9.17, 15) is 4.79 Å². The minimum Gasteiger partial charge on any atom is -0.491 e. The van der Waals surface area contributed by atoms with Crippen molar-refractivity contribution in [2.45, 2.75) is 71.0 Å². The minimum atomic E-state index is -0.0763. The van der Waals surface area contributed by atoms with Gasteiger partial charge in [-0.05, 0) is 61.6 Å². The van der Waals surface area contributed by atoms with Crippen molar-refractivity contribution in [2.75, 3.05) is 11.9 Å². The quantitative estimate of drug-likeness (QED) is 0.360. The molecule has 5 rings (SSSR count). The van der Waals surface area contributed by atoms with Crippen LogP contribution in [0.3, 0.4) is 0 Å². The molecule has 0 spiro atoms. The van der Waals surface area contributed by atoms with Crippen LogP contribution in [0.4, 0.5) is 5.82 Å². The maximum absolute atomic E-state index is 12.9. The van der Waals surface area contributed by atoms with Gasteiger partial charge in [0.25, 0.3) is 0 Å². The van der Waals surface area contributed by atoms with Crippen LogP contribution in [0.5, 0.6) is 5.75 Å². The Hall–Kier alpha value is -3.25. The van der Waals surface area contributed by atoms with Gasteiger partial charge in [-0.3, -0.25) is 4.79 Å². The summed E-state index contributed by atoms with van der Waals surface area (Å²) in [7, 11) is 0. The number of carbonyl (C=O) groups excluding carboxylic acids is 1. The van der Waals surface area contributed by atoms with Gasteiger partial charge < -0.3 is 14.8 Å². The minimum absolute atomic E-state index is 0.0763. The van der Waals surface area contributed by atoms with E-state index in [0.29, 0.717) is 18.2 Å². The normalized spacial score (nSPS) is 17.7. The predicted octanol–water partition coefficient (Wildman–Crippen LogP) is 6.31. The summed E-state index contributed by atoms with van der Waals surface area (Å²) in [5.74, 6) is 1.92. The van der Waals surface area contributed by atoms with E-state index in [4.69, 9.17) is 14.5 Å². The molecule has 2 aliphatic rings. The van der Waals surface area contributed by atoms with Crippen molar-refractivity contribution in [1.82, 2.24) is 9.97 Å². The lowest BCUT2D eigenvalue weighted by atomic mass is 9.86. The van der Waals surface area contributed by atoms with Gasteiger partial charge >= 0.3 is 0 Å². The van der Waals surface area contributed by atoms with Crippen LogP contribution >= 0.6 is 0 Å². The highest BCUT2D eigenvalue weighted by Crippen LogP contribution is 2.31. The lowest BCUT2D eigenvalue weighted by Crippen LogP contribution is -2.19. The second-order valence-corrected chi connectivity index (χ2v) is 10.2. The zero-order valence-electron chi connectivity index (χ0n) is 21.2. The van der Waals surface area contributed by atoms with Gasteiger partial charge in [0.2, 0.25) is 5.91 Å². The summed E-state index contributed by atoms with van der Waals surface area (Å²) in [4.78, 5) is 22.6. The molecule has 1 amide bonds. The Morgan fingerprint density at radius 1 is 1.06 bits per heavy atom. The molecule has 1 N–H and O–H groups in total. The first-order valence-corrected chi connectivity index (χ1v) is 13.2. The molecule has 6 heteroatoms. The molecular formula is C30H35N3O3. The van der Waals surface area contributed by atoms with Crippen LogP contribution in [0.2, 0.25) is 0 Å². The average molecular weight is 486 g/mol. The first-order chi connectivity index (χ1) is 17.5. The van der Waals surface area contributed by atoms with Gasteiger partial charge in [-0.15, -0.1) is 0 Å². The van der Waals surface area contributed by atoms with Crippen molar-refractivity contribution < 1.29 is 14.3 Å². The summed E-state index contributed by atoms with van der Waals surface area (Å²) < 4.78 is 11.1. The predicted molar refractivity (Wildman–Crippen MR) is 141 cm³/mol. The number of amides is 1. The van der Waals surface area contributed by atoms with Gasteiger partial charge in [-0.2, -0.15) is 0 Å². The summed E-state index contributed by atoms with van der Waals surface area (Å²) in [6, 6.07) is 16.0. The Morgan fingerprint density at radius 3 is 2.44 bits per heavy atom. The lowest BCUT2D eigenvalue weighted by Gasteiger charge is -2.22. The van der Waals surface area contributed by atoms with Crippen molar-refractivity contribution in [3.8, 4) is 17.0 Å². The number of aromatic nitrogens is 2. The molecule has 1 aromatic heterocycles. The van der Waals surface area contributed by atoms with Gasteiger partial charge in [-0.1, -0.05) is 56.4 Å². The molecule has 2 fully saturated rings. The number of carbonyl (C=O) groups is 1. The number of anilines is 1. The van der Waals surface area contributed by atoms with Crippen LogP contribution in [0.1, 0.15) is 68.9 Å². The van der Waals surface area contributed by atoms with Gasteiger partial charge in [0.1, 0.15) is 11.9 Å². The zero-order chi connectivity index (χ0) is 24.9. The molecule has 1 saturated heterocycles. The van der Waals surface area contributed by atoms with E-state index in [1.54, 1.807) is 6.20 Å². The van der Waals surface area contributed by atoms with Crippen molar-refractivity contribution >= 4 is 11.7 Å². The number of nitrogens with one attached hydrogen (secondary N) is 1. The van der Waals surface area contributed by atoms with E-state index in [0.717, 1.165) is 41.3 Å². The number of rotatable bonds is 9. The summed E-state index contributed by atoms with van der Waals surface area (Å²) in [5.41, 5.74) is 4.81. The topological polar surface area (TPSA) is 76.6 Å². The second kappa shape index (κ2) is 11.2. The molecule has 1 aliphatic carbocycles. The van der Waals surface area contributed by atoms with E-state index in [1.165, 1.54) is 37.7 Å². The number of nitrogens with zero attached hydrogens (tertiary/aromatic N) is 2. The monoisotopic (exact) mass is 485 g/mol. The first-order valence-electron chi connectivity index (χ1n) is 13.2. The highest BCUT2D eigenvalue weighted by Gasteiger charge is 2.24. The fraction of sp³-hybridized carbons (Fsp3) is 0.433. The Labute approximate surface area is 213 Å². The molecule has 3 aromatic rings. The smallest absolute Gasteiger partial charge is 0.229 e. The Kier molecular flexibility index (Phi) is 7.61. The summed E-state index contributed by atoms with van der Waals surface area (Å²) in [6.07, 6.45) is 9.49. The van der Waals surface area contributed by atoms with Gasteiger partial charge in [0.15, 0.2) is 5.82 Å². The summed E-state index contributed by atoms with van der Waals surface area (Å²) in [5, 5.41) is 3.05. The molecular weight excluding hydrogens is 450 g/mol. The van der Waals surface area contributed by atoms with E-state index in [-0.39, 0.29) is 18.1 Å². The molecule has 1 saturated carbocycles. The molecule has 188 valence electrons. The van der Waals surface area contributed by atoms with Crippen LogP contribution in [-0.4, -0.2) is 28.6 Å². The number of hydrogen-bond acceptors (Lipinski definition) is 5. The number of benzene rings is 2. The van der Waals surface area contributed by atoms with Crippen LogP contribution < -0.4 is 10.1 Å². The molecule has 2 aromatic carbocycles. The third-order valence-electron chi connectivity index (χ3n) is 6.88. The molecule has 1 aliphatic heterocycles. The van der Waals surface area contributed by atoms with Crippen LogP contribution in [0, 0.1) is 5.92 Å². The zero-order valence-corrected chi connectivity index (χ0v) is 21.2. The standard InChI is InChI=1S/C30H35N3O3/c1-20(2)36-25-14-12-23(13-15-25)27-18-31-30(26(32-27)16-21-6-4-3-5-7-21)33-29(34)17-22-8-10-24(11-9-22)28-19-35-28/h8-15,18,20-21,28H,3-7,16-17,19H2,1-2H3,(H,31,33,34).